The van der Waals surface area contributed by atoms with Crippen LogP contribution in [-0.4, -0.2) is 18.4 Å². The van der Waals surface area contributed by atoms with Crippen LogP contribution in [0.4, 0.5) is 5.69 Å². The third-order valence-corrected chi connectivity index (χ3v) is 3.92. The van der Waals surface area contributed by atoms with Crippen molar-refractivity contribution in [3.05, 3.63) is 65.2 Å². The van der Waals surface area contributed by atoms with Crippen LogP contribution in [0.25, 0.3) is 0 Å². The average molecular weight is 396 g/mol. The molecular formula is C19H23Cl2N3O2. The van der Waals surface area contributed by atoms with E-state index in [4.69, 9.17) is 17.3 Å². The van der Waals surface area contributed by atoms with E-state index >= 15 is 0 Å². The Hall–Kier alpha value is -2.08. The molecule has 140 valence electrons. The van der Waals surface area contributed by atoms with Gasteiger partial charge >= 0.3 is 0 Å². The van der Waals surface area contributed by atoms with Gasteiger partial charge in [-0.15, -0.1) is 12.4 Å². The number of nitrogens with two attached hydrogens (primary N) is 1. The number of hydrogen-bond donors (Lipinski definition) is 3. The minimum atomic E-state index is -0.325. The Kier molecular flexibility index (Phi) is 9.73. The molecule has 1 unspecified atom stereocenters. The molecule has 0 fully saturated rings. The van der Waals surface area contributed by atoms with Crippen LogP contribution < -0.4 is 16.4 Å². The Bertz CT molecular complexity index is 694. The number of amides is 2. The van der Waals surface area contributed by atoms with Gasteiger partial charge in [-0.05, 0) is 36.2 Å². The second-order valence-corrected chi connectivity index (χ2v) is 6.17. The zero-order valence-corrected chi connectivity index (χ0v) is 15.9. The zero-order valence-electron chi connectivity index (χ0n) is 14.3. The molecule has 2 amide bonds. The van der Waals surface area contributed by atoms with E-state index in [1.165, 1.54) is 0 Å². The predicted octanol–water partition coefficient (Wildman–Crippen LogP) is 3.69. The largest absolute Gasteiger partial charge is 0.356 e. The van der Waals surface area contributed by atoms with Gasteiger partial charge in [-0.1, -0.05) is 41.9 Å². The van der Waals surface area contributed by atoms with Gasteiger partial charge in [-0.3, -0.25) is 9.59 Å². The maximum Gasteiger partial charge on any atom is 0.224 e. The van der Waals surface area contributed by atoms with E-state index < -0.39 is 0 Å². The standard InChI is InChI=1S/C19H22ClN3O2.ClH/c20-15-8-10-16(11-9-15)23-18(24)7-4-12-22-19(25)13-17(21)14-5-2-1-3-6-14;/h1-3,5-6,8-11,17H,4,7,12-13,21H2,(H,22,25)(H,23,24);1H. The molecule has 1 atom stereocenters. The highest BCUT2D eigenvalue weighted by molar-refractivity contribution is 6.30. The normalized spacial score (nSPS) is 11.2. The Labute approximate surface area is 164 Å². The molecule has 5 nitrogen and oxygen atoms in total. The topological polar surface area (TPSA) is 84.2 Å². The minimum Gasteiger partial charge on any atom is -0.356 e. The molecule has 0 heterocycles. The number of carbonyl (C=O) groups excluding carboxylic acids is 2. The van der Waals surface area contributed by atoms with Crippen molar-refractivity contribution in [3.63, 3.8) is 0 Å². The lowest BCUT2D eigenvalue weighted by Crippen LogP contribution is -2.28. The van der Waals surface area contributed by atoms with Crippen LogP contribution in [0, 0.1) is 0 Å². The van der Waals surface area contributed by atoms with E-state index in [-0.39, 0.29) is 36.7 Å². The highest BCUT2D eigenvalue weighted by Crippen LogP contribution is 2.14. The second-order valence-electron chi connectivity index (χ2n) is 5.73. The van der Waals surface area contributed by atoms with Gasteiger partial charge in [0.1, 0.15) is 0 Å². The average Bonchev–Trinajstić information content (AvgIpc) is 2.61. The van der Waals surface area contributed by atoms with E-state index in [1.807, 2.05) is 30.3 Å². The van der Waals surface area contributed by atoms with E-state index in [1.54, 1.807) is 24.3 Å². The molecular weight excluding hydrogens is 373 g/mol. The minimum absolute atomic E-state index is 0. The van der Waals surface area contributed by atoms with E-state index in [0.717, 1.165) is 5.56 Å². The lowest BCUT2D eigenvalue weighted by atomic mass is 10.0. The van der Waals surface area contributed by atoms with Gasteiger partial charge in [0.25, 0.3) is 0 Å². The van der Waals surface area contributed by atoms with Crippen LogP contribution in [0.1, 0.15) is 30.9 Å². The molecule has 2 rings (SSSR count). The summed E-state index contributed by atoms with van der Waals surface area (Å²) < 4.78 is 0. The summed E-state index contributed by atoms with van der Waals surface area (Å²) in [6.45, 7) is 0.439. The van der Waals surface area contributed by atoms with E-state index in [2.05, 4.69) is 10.6 Å². The summed E-state index contributed by atoms with van der Waals surface area (Å²) >= 11 is 5.79. The lowest BCUT2D eigenvalue weighted by Gasteiger charge is -2.12. The van der Waals surface area contributed by atoms with Gasteiger partial charge in [0.2, 0.25) is 11.8 Å². The van der Waals surface area contributed by atoms with Crippen LogP contribution >= 0.6 is 24.0 Å². The molecule has 0 saturated heterocycles. The van der Waals surface area contributed by atoms with Crippen LogP contribution in [0.2, 0.25) is 5.02 Å². The molecule has 0 aliphatic rings. The van der Waals surface area contributed by atoms with Gasteiger partial charge in [0, 0.05) is 36.1 Å². The van der Waals surface area contributed by atoms with Crippen molar-refractivity contribution in [1.82, 2.24) is 5.32 Å². The van der Waals surface area contributed by atoms with Gasteiger partial charge in [-0.25, -0.2) is 0 Å². The number of rotatable bonds is 8. The number of carbonyl (C=O) groups is 2. The Balaban J connectivity index is 0.00000338. The molecule has 2 aromatic rings. The van der Waals surface area contributed by atoms with Crippen molar-refractivity contribution >= 4 is 41.5 Å². The molecule has 0 bridgehead atoms. The van der Waals surface area contributed by atoms with Crippen molar-refractivity contribution in [2.45, 2.75) is 25.3 Å². The van der Waals surface area contributed by atoms with Crippen LogP contribution in [0.5, 0.6) is 0 Å². The van der Waals surface area contributed by atoms with Crippen molar-refractivity contribution in [1.29, 1.82) is 0 Å². The zero-order chi connectivity index (χ0) is 18.1. The third kappa shape index (κ3) is 7.87. The summed E-state index contributed by atoms with van der Waals surface area (Å²) in [6, 6.07) is 16.1. The van der Waals surface area contributed by atoms with Crippen molar-refractivity contribution < 1.29 is 9.59 Å². The summed E-state index contributed by atoms with van der Waals surface area (Å²) in [4.78, 5) is 23.7. The Morgan fingerprint density at radius 2 is 1.65 bits per heavy atom. The van der Waals surface area contributed by atoms with Crippen molar-refractivity contribution in [3.8, 4) is 0 Å². The number of anilines is 1. The predicted molar refractivity (Wildman–Crippen MR) is 108 cm³/mol. The highest BCUT2D eigenvalue weighted by Gasteiger charge is 2.11. The lowest BCUT2D eigenvalue weighted by molar-refractivity contribution is -0.122. The number of benzene rings is 2. The van der Waals surface area contributed by atoms with Crippen LogP contribution in [0.15, 0.2) is 54.6 Å². The fourth-order valence-electron chi connectivity index (χ4n) is 2.32. The molecule has 2 aromatic carbocycles. The second kappa shape index (κ2) is 11.5. The summed E-state index contributed by atoms with van der Waals surface area (Å²) in [5.41, 5.74) is 7.64. The maximum absolute atomic E-state index is 11.9. The van der Waals surface area contributed by atoms with Crippen LogP contribution in [-0.2, 0) is 9.59 Å². The van der Waals surface area contributed by atoms with Crippen molar-refractivity contribution in [2.24, 2.45) is 5.73 Å². The quantitative estimate of drug-likeness (QED) is 0.595. The first-order valence-corrected chi connectivity index (χ1v) is 8.55. The molecule has 0 aromatic heterocycles. The Morgan fingerprint density at radius 1 is 1.00 bits per heavy atom. The number of halogens is 2. The van der Waals surface area contributed by atoms with Gasteiger partial charge in [-0.2, -0.15) is 0 Å². The first-order valence-electron chi connectivity index (χ1n) is 8.17. The fraction of sp³-hybridized carbons (Fsp3) is 0.263. The van der Waals surface area contributed by atoms with Gasteiger partial charge < -0.3 is 16.4 Å². The van der Waals surface area contributed by atoms with Gasteiger partial charge in [0.15, 0.2) is 0 Å². The molecule has 26 heavy (non-hydrogen) atoms. The summed E-state index contributed by atoms with van der Waals surface area (Å²) in [6.07, 6.45) is 1.11. The van der Waals surface area contributed by atoms with Gasteiger partial charge in [0.05, 0.1) is 0 Å². The Morgan fingerprint density at radius 3 is 2.31 bits per heavy atom. The summed E-state index contributed by atoms with van der Waals surface area (Å²) in [7, 11) is 0. The molecule has 7 heteroatoms. The summed E-state index contributed by atoms with van der Waals surface area (Å²) in [5, 5.41) is 6.19. The number of nitrogens with one attached hydrogen (secondary N) is 2. The SMILES string of the molecule is Cl.NC(CC(=O)NCCCC(=O)Nc1ccc(Cl)cc1)c1ccccc1. The maximum atomic E-state index is 11.9. The molecule has 0 aliphatic heterocycles. The monoisotopic (exact) mass is 395 g/mol. The molecule has 4 N–H and O–H groups in total. The van der Waals surface area contributed by atoms with E-state index in [0.29, 0.717) is 30.1 Å². The molecule has 0 spiro atoms. The molecule has 0 aliphatic carbocycles. The van der Waals surface area contributed by atoms with Crippen LogP contribution in [0.3, 0.4) is 0 Å². The third-order valence-electron chi connectivity index (χ3n) is 3.66. The smallest absolute Gasteiger partial charge is 0.224 e. The van der Waals surface area contributed by atoms with Crippen molar-refractivity contribution in [2.75, 3.05) is 11.9 Å². The first-order chi connectivity index (χ1) is 12.0. The summed E-state index contributed by atoms with van der Waals surface area (Å²) in [5.74, 6) is -0.216. The fourth-order valence-corrected chi connectivity index (χ4v) is 2.45. The molecule has 0 saturated carbocycles. The molecule has 0 radical (unpaired) electrons. The van der Waals surface area contributed by atoms with E-state index in [9.17, 15) is 9.59 Å². The highest BCUT2D eigenvalue weighted by atomic mass is 35.5. The number of hydrogen-bond acceptors (Lipinski definition) is 3. The first kappa shape index (κ1) is 22.0.